The SMILES string of the molecule is Cc1nc(F)nc(Nc2cc(S(=O)(=O)O)c3c(O)c(N=Nc4c(O)cc(S(=O)(=O)O)c5cc(S(=O)(=O)O)cc(O)c45)cc(S(=O)(=O)O)c3c2)c1Cl. The number of anilines is 2. The maximum absolute atomic E-state index is 13.9. The highest BCUT2D eigenvalue weighted by Gasteiger charge is 2.28. The van der Waals surface area contributed by atoms with Gasteiger partial charge in [0.05, 0.1) is 16.0 Å². The van der Waals surface area contributed by atoms with Crippen molar-refractivity contribution >= 4 is 96.5 Å². The van der Waals surface area contributed by atoms with Crippen LogP contribution in [0.3, 0.4) is 0 Å². The van der Waals surface area contributed by atoms with Gasteiger partial charge in [0.1, 0.15) is 42.6 Å². The van der Waals surface area contributed by atoms with Crippen LogP contribution in [-0.4, -0.2) is 77.2 Å². The summed E-state index contributed by atoms with van der Waals surface area (Å²) in [7, 11) is -21.2. The molecule has 20 nitrogen and oxygen atoms in total. The smallest absolute Gasteiger partial charge is 0.310 e. The molecule has 0 saturated heterocycles. The van der Waals surface area contributed by atoms with Crippen LogP contribution in [0.25, 0.3) is 21.5 Å². The van der Waals surface area contributed by atoms with Crippen LogP contribution in [0.2, 0.25) is 5.02 Å². The molecular formula is C25H17ClFN5O15S4. The fraction of sp³-hybridized carbons (Fsp3) is 0.0400. The molecule has 1 heterocycles. The zero-order valence-corrected chi connectivity index (χ0v) is 28.6. The van der Waals surface area contributed by atoms with Gasteiger partial charge in [-0.15, -0.1) is 10.2 Å². The second-order valence-corrected chi connectivity index (χ2v) is 16.2. The number of fused-ring (bicyclic) bond motifs is 2. The number of aryl methyl sites for hydroxylation is 1. The monoisotopic (exact) mass is 809 g/mol. The van der Waals surface area contributed by atoms with Crippen LogP contribution in [0.15, 0.2) is 66.2 Å². The molecule has 4 aromatic carbocycles. The van der Waals surface area contributed by atoms with E-state index in [1.165, 1.54) is 6.92 Å². The molecule has 0 bridgehead atoms. The lowest BCUT2D eigenvalue weighted by Gasteiger charge is -2.15. The summed E-state index contributed by atoms with van der Waals surface area (Å²) in [5.41, 5.74) is -2.46. The number of azo groups is 1. The second-order valence-electron chi connectivity index (χ2n) is 10.2. The summed E-state index contributed by atoms with van der Waals surface area (Å²) < 4.78 is 151. The number of nitrogens with one attached hydrogen (secondary N) is 1. The second kappa shape index (κ2) is 12.4. The Morgan fingerprint density at radius 1 is 0.686 bits per heavy atom. The van der Waals surface area contributed by atoms with Gasteiger partial charge >= 0.3 is 6.08 Å². The number of halogens is 2. The van der Waals surface area contributed by atoms with Crippen LogP contribution in [-0.2, 0) is 40.5 Å². The maximum atomic E-state index is 13.9. The predicted octanol–water partition coefficient (Wildman–Crippen LogP) is 4.15. The van der Waals surface area contributed by atoms with Crippen LogP contribution < -0.4 is 5.32 Å². The molecule has 0 aliphatic carbocycles. The fourth-order valence-electron chi connectivity index (χ4n) is 4.77. The van der Waals surface area contributed by atoms with Crippen molar-refractivity contribution in [2.24, 2.45) is 10.2 Å². The van der Waals surface area contributed by atoms with E-state index in [-0.39, 0.29) is 10.7 Å². The molecule has 0 spiro atoms. The molecule has 0 aliphatic heterocycles. The first-order valence-electron chi connectivity index (χ1n) is 12.9. The normalized spacial score (nSPS) is 13.0. The lowest BCUT2D eigenvalue weighted by Crippen LogP contribution is -2.06. The van der Waals surface area contributed by atoms with Gasteiger partial charge in [0.15, 0.2) is 11.6 Å². The van der Waals surface area contributed by atoms with Crippen LogP contribution in [0.4, 0.5) is 27.3 Å². The first-order chi connectivity index (χ1) is 23.3. The van der Waals surface area contributed by atoms with Crippen LogP contribution in [0.1, 0.15) is 5.69 Å². The van der Waals surface area contributed by atoms with Crippen LogP contribution >= 0.6 is 11.6 Å². The summed E-state index contributed by atoms with van der Waals surface area (Å²) in [5.74, 6) is -4.07. The first-order valence-corrected chi connectivity index (χ1v) is 19.1. The Labute approximate surface area is 289 Å². The van der Waals surface area contributed by atoms with Gasteiger partial charge in [0.2, 0.25) is 0 Å². The minimum Gasteiger partial charge on any atom is -0.507 e. The van der Waals surface area contributed by atoms with E-state index in [4.69, 9.17) is 11.6 Å². The summed E-state index contributed by atoms with van der Waals surface area (Å²) in [4.78, 5) is 2.12. The Hall–Kier alpha value is -4.86. The number of nitrogens with zero attached hydrogens (tertiary/aromatic N) is 4. The molecule has 0 atom stereocenters. The molecule has 51 heavy (non-hydrogen) atoms. The molecule has 0 saturated carbocycles. The Kier molecular flexibility index (Phi) is 9.11. The quantitative estimate of drug-likeness (QED) is 0.0620. The lowest BCUT2D eigenvalue weighted by atomic mass is 10.1. The molecule has 0 amide bonds. The van der Waals surface area contributed by atoms with E-state index in [1.807, 2.05) is 0 Å². The van der Waals surface area contributed by atoms with Gasteiger partial charge < -0.3 is 20.6 Å². The highest BCUT2D eigenvalue weighted by Crippen LogP contribution is 2.48. The third-order valence-electron chi connectivity index (χ3n) is 6.86. The van der Waals surface area contributed by atoms with E-state index in [0.717, 1.165) is 6.07 Å². The fourth-order valence-corrected chi connectivity index (χ4v) is 7.57. The number of phenolic OH excluding ortho intramolecular Hbond substituents is 3. The van der Waals surface area contributed by atoms with Gasteiger partial charge in [0, 0.05) is 34.0 Å². The summed E-state index contributed by atoms with van der Waals surface area (Å²) in [6.07, 6.45) is -1.28. The van der Waals surface area contributed by atoms with Crippen molar-refractivity contribution < 1.29 is 71.6 Å². The van der Waals surface area contributed by atoms with Crippen molar-refractivity contribution in [2.45, 2.75) is 26.5 Å². The molecule has 0 aliphatic rings. The molecule has 0 radical (unpaired) electrons. The molecular weight excluding hydrogens is 793 g/mol. The third kappa shape index (κ3) is 7.18. The summed E-state index contributed by atoms with van der Waals surface area (Å²) in [6, 6.07) is 3.04. The number of rotatable bonds is 8. The van der Waals surface area contributed by atoms with Gasteiger partial charge in [-0.2, -0.15) is 43.0 Å². The number of benzene rings is 4. The van der Waals surface area contributed by atoms with Crippen molar-refractivity contribution in [1.29, 1.82) is 0 Å². The molecule has 0 fully saturated rings. The molecule has 0 unspecified atom stereocenters. The van der Waals surface area contributed by atoms with Gasteiger partial charge in [-0.3, -0.25) is 18.2 Å². The molecule has 8 N–H and O–H groups in total. The van der Waals surface area contributed by atoms with Gasteiger partial charge in [-0.05, 0) is 31.2 Å². The summed E-state index contributed by atoms with van der Waals surface area (Å²) >= 11 is 6.08. The van der Waals surface area contributed by atoms with Crippen molar-refractivity contribution in [3.63, 3.8) is 0 Å². The standard InChI is InChI=1S/C25H17ClFN5O15S4/c1-8-21(26)24(30-25(27)28-8)29-9-2-11-16(49(39,40)41)6-13(23(35)20(11)18(3-9)51(45,46)47)31-32-22-15(34)7-17(50(42,43)44)12-4-10(48(36,37)38)5-14(33)19(12)22/h2-7,33-35H,1H3,(H,28,29,30)(H,36,37,38)(H,39,40,41)(H,42,43,44)(H,45,46,47). The highest BCUT2D eigenvalue weighted by atomic mass is 35.5. The Balaban J connectivity index is 1.83. The zero-order valence-electron chi connectivity index (χ0n) is 24.5. The Morgan fingerprint density at radius 2 is 1.25 bits per heavy atom. The Bertz CT molecular complexity index is 2850. The molecule has 1 aromatic heterocycles. The number of aromatic hydroxyl groups is 3. The van der Waals surface area contributed by atoms with E-state index in [9.17, 15) is 71.6 Å². The molecule has 5 aromatic rings. The van der Waals surface area contributed by atoms with E-state index in [0.29, 0.717) is 30.3 Å². The van der Waals surface area contributed by atoms with Crippen molar-refractivity contribution in [2.75, 3.05) is 5.32 Å². The van der Waals surface area contributed by atoms with Gasteiger partial charge in [0.25, 0.3) is 40.5 Å². The number of hydrogen-bond acceptors (Lipinski definition) is 16. The topological polar surface area (TPSA) is 341 Å². The minimum absolute atomic E-state index is 0.0765. The summed E-state index contributed by atoms with van der Waals surface area (Å²) in [6.45, 7) is 1.29. The van der Waals surface area contributed by atoms with E-state index in [1.54, 1.807) is 0 Å². The maximum Gasteiger partial charge on any atom is 0.310 e. The zero-order chi connectivity index (χ0) is 38.2. The van der Waals surface area contributed by atoms with Crippen LogP contribution in [0, 0.1) is 13.0 Å². The predicted molar refractivity (Wildman–Crippen MR) is 171 cm³/mol. The van der Waals surface area contributed by atoms with Gasteiger partial charge in [-0.25, -0.2) is 4.98 Å². The minimum atomic E-state index is -5.43. The van der Waals surface area contributed by atoms with E-state index >= 15 is 0 Å². The average molecular weight is 810 g/mol. The number of hydrogen-bond donors (Lipinski definition) is 8. The largest absolute Gasteiger partial charge is 0.507 e. The number of phenols is 3. The van der Waals surface area contributed by atoms with Crippen LogP contribution in [0.5, 0.6) is 17.2 Å². The molecule has 5 rings (SSSR count). The van der Waals surface area contributed by atoms with E-state index in [2.05, 4.69) is 25.5 Å². The van der Waals surface area contributed by atoms with E-state index < -0.39 is 128 Å². The third-order valence-corrected chi connectivity index (χ3v) is 10.8. The first kappa shape index (κ1) is 37.4. The Morgan fingerprint density at radius 3 is 1.82 bits per heavy atom. The van der Waals surface area contributed by atoms with Crippen molar-refractivity contribution in [1.82, 2.24) is 9.97 Å². The summed E-state index contributed by atoms with van der Waals surface area (Å²) in [5, 5.41) is 38.1. The molecule has 26 heteroatoms. The number of aromatic nitrogens is 2. The highest BCUT2D eigenvalue weighted by molar-refractivity contribution is 7.87. The van der Waals surface area contributed by atoms with Crippen molar-refractivity contribution in [3.8, 4) is 17.2 Å². The molecule has 270 valence electrons. The average Bonchev–Trinajstić information content (AvgIpc) is 2.97. The lowest BCUT2D eigenvalue weighted by molar-refractivity contribution is 0.464. The van der Waals surface area contributed by atoms with Gasteiger partial charge in [-0.1, -0.05) is 11.6 Å². The van der Waals surface area contributed by atoms with Crippen molar-refractivity contribution in [3.05, 3.63) is 53.2 Å².